The van der Waals surface area contributed by atoms with Crippen LogP contribution in [0.3, 0.4) is 0 Å². The van der Waals surface area contributed by atoms with Crippen molar-refractivity contribution in [3.05, 3.63) is 71.6 Å². The molecule has 0 atom stereocenters. The van der Waals surface area contributed by atoms with Gasteiger partial charge < -0.3 is 30.1 Å². The Hall–Kier alpha value is -3.99. The zero-order chi connectivity index (χ0) is 27.9. The van der Waals surface area contributed by atoms with Gasteiger partial charge in [-0.3, -0.25) is 4.79 Å². The highest BCUT2D eigenvalue weighted by Crippen LogP contribution is 2.35. The number of carbonyl (C=O) groups excluding carboxylic acids is 1. The Balaban J connectivity index is 1.22. The summed E-state index contributed by atoms with van der Waals surface area (Å²) in [6.45, 7) is 3.31. The maximum Gasteiger partial charge on any atom is 0.256 e. The first-order valence-electron chi connectivity index (χ1n) is 13.1. The van der Waals surface area contributed by atoms with Gasteiger partial charge in [-0.05, 0) is 55.7 Å². The average Bonchev–Trinajstić information content (AvgIpc) is 2.97. The number of rotatable bonds is 10. The van der Waals surface area contributed by atoms with Crippen molar-refractivity contribution < 1.29 is 19.4 Å². The van der Waals surface area contributed by atoms with Gasteiger partial charge in [0.2, 0.25) is 0 Å². The number of hydrogen-bond donors (Lipinski definition) is 3. The number of ether oxygens (including phenoxy) is 2. The minimum atomic E-state index is -0.297. The van der Waals surface area contributed by atoms with E-state index in [9.17, 15) is 9.90 Å². The van der Waals surface area contributed by atoms with Crippen LogP contribution in [-0.4, -0.2) is 70.3 Å². The molecule has 0 spiro atoms. The molecule has 3 heterocycles. The van der Waals surface area contributed by atoms with Crippen LogP contribution in [0.25, 0.3) is 10.9 Å². The molecule has 3 N–H and O–H groups in total. The predicted molar refractivity (Wildman–Crippen MR) is 155 cm³/mol. The van der Waals surface area contributed by atoms with Crippen LogP contribution in [0.5, 0.6) is 11.5 Å². The van der Waals surface area contributed by atoms with Gasteiger partial charge in [0.15, 0.2) is 11.5 Å². The minimum Gasteiger partial charge on any atom is -0.493 e. The summed E-state index contributed by atoms with van der Waals surface area (Å²) in [7, 11) is 1.60. The molecular formula is C29H31ClN6O4. The summed E-state index contributed by atoms with van der Waals surface area (Å²) in [5, 5.41) is 17.0. The summed E-state index contributed by atoms with van der Waals surface area (Å²) < 4.78 is 11.7. The second-order valence-corrected chi connectivity index (χ2v) is 9.98. The van der Waals surface area contributed by atoms with Crippen molar-refractivity contribution in [3.8, 4) is 11.5 Å². The molecular weight excluding hydrogens is 532 g/mol. The van der Waals surface area contributed by atoms with Crippen LogP contribution >= 0.6 is 11.6 Å². The monoisotopic (exact) mass is 562 g/mol. The number of nitrogens with zero attached hydrogens (tertiary/aromatic N) is 4. The number of nitrogens with one attached hydrogen (secondary N) is 2. The zero-order valence-electron chi connectivity index (χ0n) is 22.1. The third-order valence-electron chi connectivity index (χ3n) is 6.71. The SMILES string of the molecule is COc1cc2c(Nc3ccc(NC(=O)c4cccc(Cl)c4)nc3)ncnc2cc1OCCCN1CCC(O)CC1. The van der Waals surface area contributed by atoms with E-state index < -0.39 is 0 Å². The quantitative estimate of drug-likeness (QED) is 0.231. The fraction of sp³-hybridized carbons (Fsp3) is 0.310. The van der Waals surface area contributed by atoms with Crippen molar-refractivity contribution in [1.82, 2.24) is 19.9 Å². The lowest BCUT2D eigenvalue weighted by Crippen LogP contribution is -2.36. The normalized spacial score (nSPS) is 14.2. The summed E-state index contributed by atoms with van der Waals surface area (Å²) in [6.07, 6.45) is 5.46. The molecule has 40 heavy (non-hydrogen) atoms. The number of anilines is 3. The summed E-state index contributed by atoms with van der Waals surface area (Å²) in [4.78, 5) is 28.0. The number of halogens is 1. The van der Waals surface area contributed by atoms with E-state index in [0.717, 1.165) is 44.3 Å². The van der Waals surface area contributed by atoms with Gasteiger partial charge in [-0.1, -0.05) is 17.7 Å². The molecule has 0 bridgehead atoms. The first-order valence-corrected chi connectivity index (χ1v) is 13.5. The van der Waals surface area contributed by atoms with Crippen LogP contribution in [0, 0.1) is 0 Å². The van der Waals surface area contributed by atoms with E-state index in [1.807, 2.05) is 12.1 Å². The standard InChI is InChI=1S/C29H31ClN6O4/c1-39-25-15-23-24(16-26(25)40-13-3-10-36-11-8-22(37)9-12-36)32-18-33-28(23)34-21-6-7-27(31-17-21)35-29(38)19-4-2-5-20(30)14-19/h2,4-7,14-18,22,37H,3,8-13H2,1H3,(H,31,35,38)(H,32,33,34). The number of likely N-dealkylation sites (tertiary alicyclic amines) is 1. The van der Waals surface area contributed by atoms with Gasteiger partial charge in [0, 0.05) is 41.7 Å². The van der Waals surface area contributed by atoms with Crippen molar-refractivity contribution in [2.75, 3.05) is 44.0 Å². The van der Waals surface area contributed by atoms with Crippen molar-refractivity contribution in [2.45, 2.75) is 25.4 Å². The summed E-state index contributed by atoms with van der Waals surface area (Å²) >= 11 is 5.98. The van der Waals surface area contributed by atoms with Gasteiger partial charge in [0.1, 0.15) is 18.0 Å². The Morgan fingerprint density at radius 3 is 2.70 bits per heavy atom. The molecule has 1 amide bonds. The molecule has 0 aliphatic carbocycles. The summed E-state index contributed by atoms with van der Waals surface area (Å²) in [6, 6.07) is 13.9. The van der Waals surface area contributed by atoms with Gasteiger partial charge in [0.25, 0.3) is 5.91 Å². The average molecular weight is 563 g/mol. The fourth-order valence-electron chi connectivity index (χ4n) is 4.55. The molecule has 10 nitrogen and oxygen atoms in total. The van der Waals surface area contributed by atoms with Gasteiger partial charge in [-0.2, -0.15) is 0 Å². The number of benzene rings is 2. The van der Waals surface area contributed by atoms with E-state index in [1.54, 1.807) is 49.7 Å². The molecule has 0 unspecified atom stereocenters. The number of fused-ring (bicyclic) bond motifs is 1. The Labute approximate surface area is 237 Å². The number of aliphatic hydroxyl groups excluding tert-OH is 1. The van der Waals surface area contributed by atoms with Crippen molar-refractivity contribution >= 4 is 45.7 Å². The number of aliphatic hydroxyl groups is 1. The number of piperidine rings is 1. The Morgan fingerprint density at radius 1 is 1.10 bits per heavy atom. The number of pyridine rings is 1. The molecule has 1 fully saturated rings. The van der Waals surface area contributed by atoms with Crippen LogP contribution in [-0.2, 0) is 0 Å². The number of amides is 1. The van der Waals surface area contributed by atoms with E-state index in [-0.39, 0.29) is 12.0 Å². The van der Waals surface area contributed by atoms with E-state index in [1.165, 1.54) is 6.33 Å². The fourth-order valence-corrected chi connectivity index (χ4v) is 4.74. The maximum atomic E-state index is 12.5. The van der Waals surface area contributed by atoms with Gasteiger partial charge in [-0.15, -0.1) is 0 Å². The Morgan fingerprint density at radius 2 is 1.95 bits per heavy atom. The Kier molecular flexibility index (Phi) is 8.90. The molecule has 2 aromatic heterocycles. The third-order valence-corrected chi connectivity index (χ3v) is 6.94. The second-order valence-electron chi connectivity index (χ2n) is 9.54. The van der Waals surface area contributed by atoms with Crippen LogP contribution in [0.2, 0.25) is 5.02 Å². The number of methoxy groups -OCH3 is 1. The van der Waals surface area contributed by atoms with E-state index in [0.29, 0.717) is 51.5 Å². The molecule has 0 saturated carbocycles. The second kappa shape index (κ2) is 12.9. The number of carbonyl (C=O) groups is 1. The van der Waals surface area contributed by atoms with E-state index in [4.69, 9.17) is 21.1 Å². The predicted octanol–water partition coefficient (Wildman–Crippen LogP) is 4.91. The zero-order valence-corrected chi connectivity index (χ0v) is 22.9. The largest absolute Gasteiger partial charge is 0.493 e. The topological polar surface area (TPSA) is 122 Å². The third kappa shape index (κ3) is 6.95. The molecule has 1 aliphatic rings. The van der Waals surface area contributed by atoms with Crippen LogP contribution in [0.15, 0.2) is 61.1 Å². The molecule has 11 heteroatoms. The number of aromatic nitrogens is 3. The first kappa shape index (κ1) is 27.6. The molecule has 5 rings (SSSR count). The minimum absolute atomic E-state index is 0.167. The lowest BCUT2D eigenvalue weighted by Gasteiger charge is -2.29. The van der Waals surface area contributed by atoms with Crippen molar-refractivity contribution in [2.24, 2.45) is 0 Å². The van der Waals surface area contributed by atoms with Crippen LogP contribution < -0.4 is 20.1 Å². The first-order chi connectivity index (χ1) is 19.5. The molecule has 0 radical (unpaired) electrons. The maximum absolute atomic E-state index is 12.5. The molecule has 2 aromatic carbocycles. The lowest BCUT2D eigenvalue weighted by atomic mass is 10.1. The highest BCUT2D eigenvalue weighted by atomic mass is 35.5. The van der Waals surface area contributed by atoms with Gasteiger partial charge in [0.05, 0.1) is 37.2 Å². The van der Waals surface area contributed by atoms with Crippen LogP contribution in [0.1, 0.15) is 29.6 Å². The molecule has 1 saturated heterocycles. The molecule has 4 aromatic rings. The molecule has 1 aliphatic heterocycles. The summed E-state index contributed by atoms with van der Waals surface area (Å²) in [5.74, 6) is 1.90. The number of hydrogen-bond acceptors (Lipinski definition) is 9. The highest BCUT2D eigenvalue weighted by molar-refractivity contribution is 6.31. The molecule has 208 valence electrons. The highest BCUT2D eigenvalue weighted by Gasteiger charge is 2.17. The lowest BCUT2D eigenvalue weighted by molar-refractivity contribution is 0.0799. The Bertz CT molecular complexity index is 1460. The van der Waals surface area contributed by atoms with E-state index in [2.05, 4.69) is 30.5 Å². The van der Waals surface area contributed by atoms with E-state index >= 15 is 0 Å². The smallest absolute Gasteiger partial charge is 0.256 e. The van der Waals surface area contributed by atoms with Crippen molar-refractivity contribution in [3.63, 3.8) is 0 Å². The summed E-state index contributed by atoms with van der Waals surface area (Å²) in [5.41, 5.74) is 1.84. The van der Waals surface area contributed by atoms with Crippen LogP contribution in [0.4, 0.5) is 17.3 Å². The van der Waals surface area contributed by atoms with Gasteiger partial charge >= 0.3 is 0 Å². The van der Waals surface area contributed by atoms with Gasteiger partial charge in [-0.25, -0.2) is 15.0 Å². The van der Waals surface area contributed by atoms with Crippen molar-refractivity contribution in [1.29, 1.82) is 0 Å².